The summed E-state index contributed by atoms with van der Waals surface area (Å²) < 4.78 is 0. The van der Waals surface area contributed by atoms with Gasteiger partial charge in [-0.2, -0.15) is 4.99 Å². The summed E-state index contributed by atoms with van der Waals surface area (Å²) in [6.45, 7) is 4.46. The Morgan fingerprint density at radius 2 is 1.89 bits per heavy atom. The van der Waals surface area contributed by atoms with E-state index in [1.165, 1.54) is 47.9 Å². The summed E-state index contributed by atoms with van der Waals surface area (Å²) in [5.41, 5.74) is 8.56. The van der Waals surface area contributed by atoms with Crippen molar-refractivity contribution in [1.29, 1.82) is 0 Å². The number of allylic oxidation sites excluding steroid dienone is 1. The molecule has 1 aliphatic rings. The lowest BCUT2D eigenvalue weighted by molar-refractivity contribution is 0.717. The molecule has 3 rings (SSSR count). The van der Waals surface area contributed by atoms with Gasteiger partial charge in [0, 0.05) is 11.1 Å². The van der Waals surface area contributed by atoms with Gasteiger partial charge in [0.2, 0.25) is 0 Å². The van der Waals surface area contributed by atoms with E-state index in [1.54, 1.807) is 0 Å². The number of benzene rings is 2. The minimum Gasteiger partial charge on any atom is -0.199 e. The van der Waals surface area contributed by atoms with E-state index in [1.807, 2.05) is 0 Å². The third kappa shape index (κ3) is 5.29. The van der Waals surface area contributed by atoms with Crippen molar-refractivity contribution < 1.29 is 0 Å². The largest absolute Gasteiger partial charge is 0.199 e. The molecule has 0 N–H and O–H groups in total. The minimum atomic E-state index is 0.910. The second-order valence-corrected chi connectivity index (χ2v) is 7.49. The highest BCUT2D eigenvalue weighted by atomic mass is 32.1. The van der Waals surface area contributed by atoms with Crippen LogP contribution in [0, 0.1) is 11.8 Å². The maximum Gasteiger partial charge on any atom is 0.0637 e. The Bertz CT molecular complexity index is 981. The predicted molar refractivity (Wildman–Crippen MR) is 123 cm³/mol. The molecule has 0 amide bonds. The van der Waals surface area contributed by atoms with Crippen LogP contribution in [0.4, 0.5) is 0 Å². The van der Waals surface area contributed by atoms with Crippen molar-refractivity contribution in [3.8, 4) is 11.8 Å². The van der Waals surface area contributed by atoms with E-state index in [0.717, 1.165) is 36.1 Å². The van der Waals surface area contributed by atoms with Crippen LogP contribution in [0.15, 0.2) is 47.1 Å². The SMILES string of the molecule is CCCCCc1ccc(C#Cc2ccc3c(c2)CCC(N=C=S)=C3)c(CC)c1. The first-order valence-electron chi connectivity index (χ1n) is 10.3. The molecule has 0 aromatic heterocycles. The molecule has 142 valence electrons. The van der Waals surface area contributed by atoms with Gasteiger partial charge < -0.3 is 0 Å². The molecule has 2 heteroatoms. The average molecular weight is 386 g/mol. The topological polar surface area (TPSA) is 12.4 Å². The van der Waals surface area contributed by atoms with Gasteiger partial charge in [-0.3, -0.25) is 0 Å². The molecule has 28 heavy (non-hydrogen) atoms. The van der Waals surface area contributed by atoms with E-state index >= 15 is 0 Å². The highest BCUT2D eigenvalue weighted by molar-refractivity contribution is 7.78. The number of thiocarbonyl (C=S) groups is 1. The second-order valence-electron chi connectivity index (χ2n) is 7.30. The van der Waals surface area contributed by atoms with E-state index in [4.69, 9.17) is 12.2 Å². The fourth-order valence-corrected chi connectivity index (χ4v) is 3.75. The monoisotopic (exact) mass is 385 g/mol. The standard InChI is InChI=1S/C26H27NS/c1-3-5-6-7-20-8-11-23(22(4-2)16-20)12-9-21-10-13-25-18-26(27-19-28)15-14-24(25)17-21/h8,10-11,13,16-18H,3-7,14-15H2,1-2H3. The van der Waals surface area contributed by atoms with Gasteiger partial charge in [-0.1, -0.05) is 56.7 Å². The van der Waals surface area contributed by atoms with Gasteiger partial charge in [0.05, 0.1) is 10.9 Å². The summed E-state index contributed by atoms with van der Waals surface area (Å²) in [4.78, 5) is 4.13. The summed E-state index contributed by atoms with van der Waals surface area (Å²) in [7, 11) is 0. The molecule has 0 aliphatic heterocycles. The van der Waals surface area contributed by atoms with Crippen molar-refractivity contribution in [2.24, 2.45) is 4.99 Å². The van der Waals surface area contributed by atoms with Gasteiger partial charge in [-0.25, -0.2) is 0 Å². The Morgan fingerprint density at radius 1 is 1.00 bits per heavy atom. The van der Waals surface area contributed by atoms with Crippen LogP contribution in [-0.4, -0.2) is 5.16 Å². The number of isothiocyanates is 1. The maximum absolute atomic E-state index is 4.71. The van der Waals surface area contributed by atoms with Crippen LogP contribution in [0.25, 0.3) is 6.08 Å². The number of aliphatic imine (C=N–C) groups is 1. The van der Waals surface area contributed by atoms with E-state index in [0.29, 0.717) is 0 Å². The molecule has 0 saturated carbocycles. The van der Waals surface area contributed by atoms with Crippen LogP contribution in [0.5, 0.6) is 0 Å². The summed E-state index contributed by atoms with van der Waals surface area (Å²) in [5, 5.41) is 2.46. The Hall–Kier alpha value is -2.46. The Balaban J connectivity index is 1.79. The van der Waals surface area contributed by atoms with Crippen molar-refractivity contribution in [2.75, 3.05) is 0 Å². The van der Waals surface area contributed by atoms with Gasteiger partial charge in [0.25, 0.3) is 0 Å². The van der Waals surface area contributed by atoms with E-state index < -0.39 is 0 Å². The number of nitrogens with zero attached hydrogens (tertiary/aromatic N) is 1. The van der Waals surface area contributed by atoms with Gasteiger partial charge >= 0.3 is 0 Å². The van der Waals surface area contributed by atoms with Gasteiger partial charge in [0.1, 0.15) is 0 Å². The van der Waals surface area contributed by atoms with Crippen LogP contribution in [0.1, 0.15) is 72.9 Å². The van der Waals surface area contributed by atoms with Crippen molar-refractivity contribution in [2.45, 2.75) is 58.8 Å². The third-order valence-corrected chi connectivity index (χ3v) is 5.36. The van der Waals surface area contributed by atoms with Crippen molar-refractivity contribution >= 4 is 23.5 Å². The summed E-state index contributed by atoms with van der Waals surface area (Å²) >= 11 is 4.71. The molecule has 2 aromatic rings. The number of aryl methyl sites for hydroxylation is 3. The molecule has 0 heterocycles. The van der Waals surface area contributed by atoms with Gasteiger partial charge in [-0.15, -0.1) is 0 Å². The van der Waals surface area contributed by atoms with Crippen LogP contribution < -0.4 is 0 Å². The smallest absolute Gasteiger partial charge is 0.0637 e. The zero-order valence-corrected chi connectivity index (χ0v) is 17.7. The lowest BCUT2D eigenvalue weighted by Crippen LogP contribution is -1.98. The molecule has 0 fully saturated rings. The lowest BCUT2D eigenvalue weighted by atomic mass is 9.93. The first-order chi connectivity index (χ1) is 13.7. The zero-order chi connectivity index (χ0) is 19.8. The minimum absolute atomic E-state index is 0.910. The fraction of sp³-hybridized carbons (Fsp3) is 0.346. The maximum atomic E-state index is 4.71. The molecule has 0 bridgehead atoms. The number of fused-ring (bicyclic) bond motifs is 1. The third-order valence-electron chi connectivity index (χ3n) is 5.27. The molecule has 2 aromatic carbocycles. The first-order valence-corrected chi connectivity index (χ1v) is 10.7. The van der Waals surface area contributed by atoms with E-state index in [2.05, 4.69) is 78.3 Å². The molecule has 0 unspecified atom stereocenters. The Morgan fingerprint density at radius 3 is 2.68 bits per heavy atom. The van der Waals surface area contributed by atoms with Crippen LogP contribution >= 0.6 is 12.2 Å². The second kappa shape index (κ2) is 10.2. The fourth-order valence-electron chi connectivity index (χ4n) is 3.64. The number of rotatable bonds is 6. The molecular formula is C26H27NS. The number of unbranched alkanes of at least 4 members (excludes halogenated alkanes) is 2. The number of hydrogen-bond acceptors (Lipinski definition) is 2. The molecule has 0 spiro atoms. The van der Waals surface area contributed by atoms with Crippen molar-refractivity contribution in [3.63, 3.8) is 0 Å². The summed E-state index contributed by atoms with van der Waals surface area (Å²) in [6.07, 6.45) is 10.0. The summed E-state index contributed by atoms with van der Waals surface area (Å²) in [5.74, 6) is 6.77. The van der Waals surface area contributed by atoms with Gasteiger partial charge in [-0.05, 0) is 90.9 Å². The molecule has 1 aliphatic carbocycles. The first kappa shape index (κ1) is 20.3. The van der Waals surface area contributed by atoms with Crippen LogP contribution in [0.3, 0.4) is 0 Å². The van der Waals surface area contributed by atoms with Crippen molar-refractivity contribution in [3.05, 3.63) is 75.5 Å². The lowest BCUT2D eigenvalue weighted by Gasteiger charge is -2.13. The van der Waals surface area contributed by atoms with Crippen LogP contribution in [0.2, 0.25) is 0 Å². The average Bonchev–Trinajstić information content (AvgIpc) is 2.73. The Labute approximate surface area is 174 Å². The molecule has 0 radical (unpaired) electrons. The number of hydrogen-bond donors (Lipinski definition) is 0. The van der Waals surface area contributed by atoms with Gasteiger partial charge in [0.15, 0.2) is 0 Å². The highest BCUT2D eigenvalue weighted by Crippen LogP contribution is 2.25. The zero-order valence-electron chi connectivity index (χ0n) is 16.8. The van der Waals surface area contributed by atoms with Crippen LogP contribution in [-0.2, 0) is 19.3 Å². The van der Waals surface area contributed by atoms with Crippen molar-refractivity contribution in [1.82, 2.24) is 0 Å². The predicted octanol–water partition coefficient (Wildman–Crippen LogP) is 6.77. The Kier molecular flexibility index (Phi) is 7.38. The van der Waals surface area contributed by atoms with E-state index in [-0.39, 0.29) is 0 Å². The quantitative estimate of drug-likeness (QED) is 0.231. The summed E-state index contributed by atoms with van der Waals surface area (Å²) in [6, 6.07) is 13.2. The normalized spacial score (nSPS) is 12.3. The highest BCUT2D eigenvalue weighted by Gasteiger charge is 2.10. The molecular weight excluding hydrogens is 358 g/mol. The molecule has 0 atom stereocenters. The molecule has 1 nitrogen and oxygen atoms in total. The molecule has 0 saturated heterocycles. The van der Waals surface area contributed by atoms with E-state index in [9.17, 15) is 0 Å².